The summed E-state index contributed by atoms with van der Waals surface area (Å²) in [4.78, 5) is 23.1. The monoisotopic (exact) mass is 356 g/mol. The molecule has 0 aliphatic rings. The number of carbonyl (C=O) groups excluding carboxylic acids is 1. The molecular weight excluding hydrogens is 328 g/mol. The number of anilines is 1. The number of methoxy groups -OCH3 is 1. The van der Waals surface area contributed by atoms with Crippen LogP contribution in [0.4, 0.5) is 5.95 Å². The van der Waals surface area contributed by atoms with Crippen LogP contribution in [0.25, 0.3) is 0 Å². The highest BCUT2D eigenvalue weighted by atomic mass is 16.5. The Morgan fingerprint density at radius 3 is 2.23 bits per heavy atom. The average molecular weight is 356 g/mol. The Kier molecular flexibility index (Phi) is 7.86. The first-order valence-electron chi connectivity index (χ1n) is 9.16. The van der Waals surface area contributed by atoms with E-state index in [1.54, 1.807) is 19.5 Å². The molecule has 6 heteroatoms. The number of nitrogens with one attached hydrogen (secondary N) is 1. The van der Waals surface area contributed by atoms with Crippen LogP contribution in [0.5, 0.6) is 5.75 Å². The zero-order chi connectivity index (χ0) is 18.8. The van der Waals surface area contributed by atoms with Gasteiger partial charge in [-0.3, -0.25) is 4.79 Å². The van der Waals surface area contributed by atoms with E-state index in [-0.39, 0.29) is 5.91 Å². The summed E-state index contributed by atoms with van der Waals surface area (Å²) >= 11 is 0. The van der Waals surface area contributed by atoms with E-state index in [1.807, 2.05) is 24.3 Å². The number of benzene rings is 1. The normalized spacial score (nSPS) is 10.4. The molecule has 0 unspecified atom stereocenters. The van der Waals surface area contributed by atoms with Gasteiger partial charge in [-0.05, 0) is 37.0 Å². The fraction of sp³-hybridized carbons (Fsp3) is 0.450. The number of nitrogens with zero attached hydrogens (tertiary/aromatic N) is 3. The zero-order valence-corrected chi connectivity index (χ0v) is 15.9. The van der Waals surface area contributed by atoms with Crippen LogP contribution in [0.2, 0.25) is 0 Å². The fourth-order valence-electron chi connectivity index (χ4n) is 2.67. The van der Waals surface area contributed by atoms with Crippen molar-refractivity contribution in [3.63, 3.8) is 0 Å². The Bertz CT molecular complexity index is 665. The Labute approximate surface area is 155 Å². The molecule has 0 fully saturated rings. The average Bonchev–Trinajstić information content (AvgIpc) is 2.68. The maximum absolute atomic E-state index is 12.2. The van der Waals surface area contributed by atoms with Gasteiger partial charge in [-0.2, -0.15) is 0 Å². The second-order valence-electron chi connectivity index (χ2n) is 6.11. The molecule has 2 rings (SSSR count). The molecule has 0 radical (unpaired) electrons. The van der Waals surface area contributed by atoms with E-state index in [1.165, 1.54) is 0 Å². The highest BCUT2D eigenvalue weighted by Crippen LogP contribution is 2.12. The van der Waals surface area contributed by atoms with Crippen LogP contribution >= 0.6 is 0 Å². The second-order valence-corrected chi connectivity index (χ2v) is 6.11. The first kappa shape index (κ1) is 19.7. The molecule has 0 aliphatic heterocycles. The summed E-state index contributed by atoms with van der Waals surface area (Å²) in [5.41, 5.74) is 1.63. The Morgan fingerprint density at radius 1 is 1.08 bits per heavy atom. The van der Waals surface area contributed by atoms with Gasteiger partial charge in [0.15, 0.2) is 0 Å². The Hall–Kier alpha value is -2.63. The van der Waals surface area contributed by atoms with Gasteiger partial charge in [0.25, 0.3) is 5.91 Å². The molecule has 1 aromatic carbocycles. The predicted molar refractivity (Wildman–Crippen MR) is 104 cm³/mol. The van der Waals surface area contributed by atoms with Gasteiger partial charge >= 0.3 is 0 Å². The van der Waals surface area contributed by atoms with E-state index >= 15 is 0 Å². The molecule has 0 aliphatic carbocycles. The molecule has 0 bridgehead atoms. The van der Waals surface area contributed by atoms with Gasteiger partial charge < -0.3 is 15.0 Å². The standard InChI is InChI=1S/C20H28N4O2/c1-4-12-24(13-5-2)20-22-14-17(15-23-20)19(25)21-11-10-16-6-8-18(26-3)9-7-16/h6-9,14-15H,4-5,10-13H2,1-3H3,(H,21,25). The third-order valence-electron chi connectivity index (χ3n) is 4.03. The molecule has 140 valence electrons. The van der Waals surface area contributed by atoms with Crippen LogP contribution in [-0.2, 0) is 6.42 Å². The molecule has 6 nitrogen and oxygen atoms in total. The number of aromatic nitrogens is 2. The van der Waals surface area contributed by atoms with Gasteiger partial charge in [0.1, 0.15) is 5.75 Å². The molecule has 1 heterocycles. The van der Waals surface area contributed by atoms with Gasteiger partial charge in [-0.1, -0.05) is 26.0 Å². The number of carbonyl (C=O) groups is 1. The molecule has 0 saturated carbocycles. The van der Waals surface area contributed by atoms with Crippen molar-refractivity contribution in [3.8, 4) is 5.75 Å². The van der Waals surface area contributed by atoms with Crippen molar-refractivity contribution < 1.29 is 9.53 Å². The Balaban J connectivity index is 1.86. The lowest BCUT2D eigenvalue weighted by Crippen LogP contribution is -2.28. The van der Waals surface area contributed by atoms with E-state index in [0.29, 0.717) is 18.1 Å². The molecule has 0 saturated heterocycles. The highest BCUT2D eigenvalue weighted by Gasteiger charge is 2.10. The summed E-state index contributed by atoms with van der Waals surface area (Å²) in [6, 6.07) is 7.84. The van der Waals surface area contributed by atoms with E-state index in [2.05, 4.69) is 34.0 Å². The summed E-state index contributed by atoms with van der Waals surface area (Å²) < 4.78 is 5.14. The van der Waals surface area contributed by atoms with Crippen LogP contribution in [0, 0.1) is 0 Å². The third kappa shape index (κ3) is 5.72. The van der Waals surface area contributed by atoms with Crippen molar-refractivity contribution in [1.29, 1.82) is 0 Å². The van der Waals surface area contributed by atoms with Gasteiger partial charge in [-0.25, -0.2) is 9.97 Å². The second kappa shape index (κ2) is 10.4. The van der Waals surface area contributed by atoms with Crippen molar-refractivity contribution in [1.82, 2.24) is 15.3 Å². The SMILES string of the molecule is CCCN(CCC)c1ncc(C(=O)NCCc2ccc(OC)cc2)cn1. The molecule has 0 spiro atoms. The van der Waals surface area contributed by atoms with Crippen molar-refractivity contribution in [3.05, 3.63) is 47.8 Å². The quantitative estimate of drug-likeness (QED) is 0.708. The van der Waals surface area contributed by atoms with Crippen LogP contribution in [-0.4, -0.2) is 42.6 Å². The fourth-order valence-corrected chi connectivity index (χ4v) is 2.67. The van der Waals surface area contributed by atoms with Crippen molar-refractivity contribution >= 4 is 11.9 Å². The molecule has 1 aromatic heterocycles. The molecule has 2 aromatic rings. The van der Waals surface area contributed by atoms with Crippen LogP contribution in [0.1, 0.15) is 42.6 Å². The first-order valence-corrected chi connectivity index (χ1v) is 9.16. The Morgan fingerprint density at radius 2 is 1.69 bits per heavy atom. The summed E-state index contributed by atoms with van der Waals surface area (Å²) in [7, 11) is 1.65. The third-order valence-corrected chi connectivity index (χ3v) is 4.03. The van der Waals surface area contributed by atoms with E-state index in [4.69, 9.17) is 4.74 Å². The zero-order valence-electron chi connectivity index (χ0n) is 15.9. The van der Waals surface area contributed by atoms with E-state index < -0.39 is 0 Å². The maximum Gasteiger partial charge on any atom is 0.254 e. The largest absolute Gasteiger partial charge is 0.497 e. The van der Waals surface area contributed by atoms with Crippen molar-refractivity contribution in [2.75, 3.05) is 31.6 Å². The van der Waals surface area contributed by atoms with Gasteiger partial charge in [0.2, 0.25) is 5.95 Å². The molecule has 26 heavy (non-hydrogen) atoms. The van der Waals surface area contributed by atoms with E-state index in [9.17, 15) is 4.79 Å². The summed E-state index contributed by atoms with van der Waals surface area (Å²) in [5, 5.41) is 2.91. The minimum absolute atomic E-state index is 0.150. The molecular formula is C20H28N4O2. The summed E-state index contributed by atoms with van der Waals surface area (Å²) in [6.45, 7) is 6.66. The van der Waals surface area contributed by atoms with E-state index in [0.717, 1.165) is 43.7 Å². The van der Waals surface area contributed by atoms with Gasteiger partial charge in [-0.15, -0.1) is 0 Å². The highest BCUT2D eigenvalue weighted by molar-refractivity contribution is 5.93. The number of hydrogen-bond acceptors (Lipinski definition) is 5. The molecule has 0 atom stereocenters. The predicted octanol–water partition coefficient (Wildman–Crippen LogP) is 3.08. The molecule has 1 N–H and O–H groups in total. The van der Waals surface area contributed by atoms with Gasteiger partial charge in [0, 0.05) is 32.0 Å². The topological polar surface area (TPSA) is 67.4 Å². The first-order chi connectivity index (χ1) is 12.7. The van der Waals surface area contributed by atoms with Crippen LogP contribution in [0.15, 0.2) is 36.7 Å². The summed E-state index contributed by atoms with van der Waals surface area (Å²) in [5.74, 6) is 1.36. The lowest BCUT2D eigenvalue weighted by Gasteiger charge is -2.21. The smallest absolute Gasteiger partial charge is 0.254 e. The number of ether oxygens (including phenoxy) is 1. The maximum atomic E-state index is 12.2. The minimum Gasteiger partial charge on any atom is -0.497 e. The lowest BCUT2D eigenvalue weighted by molar-refractivity contribution is 0.0953. The van der Waals surface area contributed by atoms with Crippen molar-refractivity contribution in [2.24, 2.45) is 0 Å². The minimum atomic E-state index is -0.150. The summed E-state index contributed by atoms with van der Waals surface area (Å²) in [6.07, 6.45) is 6.04. The number of amides is 1. The number of rotatable bonds is 10. The van der Waals surface area contributed by atoms with Crippen LogP contribution < -0.4 is 15.0 Å². The number of hydrogen-bond donors (Lipinski definition) is 1. The van der Waals surface area contributed by atoms with Crippen LogP contribution in [0.3, 0.4) is 0 Å². The van der Waals surface area contributed by atoms with Gasteiger partial charge in [0.05, 0.1) is 12.7 Å². The molecule has 1 amide bonds. The lowest BCUT2D eigenvalue weighted by atomic mass is 10.1. The van der Waals surface area contributed by atoms with Crippen molar-refractivity contribution in [2.45, 2.75) is 33.1 Å².